The van der Waals surface area contributed by atoms with Gasteiger partial charge in [0.25, 0.3) is 0 Å². The Morgan fingerprint density at radius 1 is 1.00 bits per heavy atom. The predicted molar refractivity (Wildman–Crippen MR) is 80.3 cm³/mol. The van der Waals surface area contributed by atoms with E-state index in [1.165, 1.54) is 16.7 Å². The second kappa shape index (κ2) is 4.28. The summed E-state index contributed by atoms with van der Waals surface area (Å²) in [6.07, 6.45) is 11.2. The van der Waals surface area contributed by atoms with Crippen molar-refractivity contribution in [2.24, 2.45) is 11.3 Å². The van der Waals surface area contributed by atoms with Crippen LogP contribution in [0.3, 0.4) is 0 Å². The lowest BCUT2D eigenvalue weighted by Gasteiger charge is -2.13. The van der Waals surface area contributed by atoms with Crippen LogP contribution in [0, 0.1) is 11.3 Å². The van der Waals surface area contributed by atoms with Crippen molar-refractivity contribution in [2.45, 2.75) is 27.7 Å². The maximum atomic E-state index is 4.18. The SMILES string of the molecule is C=C1C(=C)/C(=C/C(C)C)C2=C1C=CC(C)(C)C=C2. The minimum absolute atomic E-state index is 0.106. The second-order valence-corrected chi connectivity index (χ2v) is 6.10. The molecule has 94 valence electrons. The van der Waals surface area contributed by atoms with Crippen LogP contribution in [0.25, 0.3) is 0 Å². The first-order chi connectivity index (χ1) is 8.32. The Kier molecular flexibility index (Phi) is 3.06. The molecule has 0 atom stereocenters. The monoisotopic (exact) mass is 238 g/mol. The van der Waals surface area contributed by atoms with Gasteiger partial charge in [-0.2, -0.15) is 0 Å². The zero-order valence-corrected chi connectivity index (χ0v) is 11.9. The number of allylic oxidation sites excluding steroid dienone is 10. The van der Waals surface area contributed by atoms with Crippen LogP contribution in [0.15, 0.2) is 71.4 Å². The Hall–Kier alpha value is -1.56. The van der Waals surface area contributed by atoms with Crippen LogP contribution in [-0.2, 0) is 0 Å². The van der Waals surface area contributed by atoms with E-state index in [9.17, 15) is 0 Å². The Labute approximate surface area is 111 Å². The van der Waals surface area contributed by atoms with Crippen LogP contribution in [-0.4, -0.2) is 0 Å². The van der Waals surface area contributed by atoms with E-state index in [2.05, 4.69) is 71.2 Å². The quantitative estimate of drug-likeness (QED) is 0.593. The molecule has 0 unspecified atom stereocenters. The second-order valence-electron chi connectivity index (χ2n) is 6.10. The number of rotatable bonds is 1. The van der Waals surface area contributed by atoms with E-state index in [-0.39, 0.29) is 5.41 Å². The molecule has 0 spiro atoms. The molecule has 0 radical (unpaired) electrons. The summed E-state index contributed by atoms with van der Waals surface area (Å²) in [5, 5.41) is 0. The summed E-state index contributed by atoms with van der Waals surface area (Å²) in [5.41, 5.74) is 6.01. The van der Waals surface area contributed by atoms with Crippen LogP contribution in [0.4, 0.5) is 0 Å². The van der Waals surface area contributed by atoms with Gasteiger partial charge in [-0.25, -0.2) is 0 Å². The van der Waals surface area contributed by atoms with Gasteiger partial charge in [0.15, 0.2) is 0 Å². The molecule has 2 rings (SSSR count). The Morgan fingerprint density at radius 3 is 2.11 bits per heavy atom. The topological polar surface area (TPSA) is 0 Å². The van der Waals surface area contributed by atoms with Crippen LogP contribution >= 0.6 is 0 Å². The van der Waals surface area contributed by atoms with E-state index >= 15 is 0 Å². The third-order valence-corrected chi connectivity index (χ3v) is 3.45. The lowest BCUT2D eigenvalue weighted by Crippen LogP contribution is -2.01. The minimum Gasteiger partial charge on any atom is -0.0905 e. The number of hydrogen-bond acceptors (Lipinski definition) is 0. The van der Waals surface area contributed by atoms with Crippen molar-refractivity contribution in [1.29, 1.82) is 0 Å². The van der Waals surface area contributed by atoms with Crippen molar-refractivity contribution in [3.05, 3.63) is 71.4 Å². The first-order valence-electron chi connectivity index (χ1n) is 6.56. The summed E-state index contributed by atoms with van der Waals surface area (Å²) >= 11 is 0. The van der Waals surface area contributed by atoms with Crippen molar-refractivity contribution in [3.8, 4) is 0 Å². The third-order valence-electron chi connectivity index (χ3n) is 3.45. The van der Waals surface area contributed by atoms with Crippen molar-refractivity contribution < 1.29 is 0 Å². The smallest absolute Gasteiger partial charge is 0.00111 e. The molecule has 2 aliphatic carbocycles. The largest absolute Gasteiger partial charge is 0.0905 e. The lowest BCUT2D eigenvalue weighted by atomic mass is 9.91. The van der Waals surface area contributed by atoms with Crippen molar-refractivity contribution in [1.82, 2.24) is 0 Å². The molecule has 0 heteroatoms. The van der Waals surface area contributed by atoms with E-state index in [4.69, 9.17) is 0 Å². The average molecular weight is 238 g/mol. The molecule has 0 aromatic carbocycles. The van der Waals surface area contributed by atoms with Gasteiger partial charge in [0, 0.05) is 5.41 Å². The molecule has 0 bridgehead atoms. The normalized spacial score (nSPS) is 24.2. The van der Waals surface area contributed by atoms with Crippen molar-refractivity contribution >= 4 is 0 Å². The van der Waals surface area contributed by atoms with Gasteiger partial charge >= 0.3 is 0 Å². The zero-order valence-electron chi connectivity index (χ0n) is 11.9. The molecular formula is C18H22. The van der Waals surface area contributed by atoms with Crippen LogP contribution < -0.4 is 0 Å². The molecule has 0 aliphatic heterocycles. The molecule has 0 aromatic rings. The highest BCUT2D eigenvalue weighted by Gasteiger charge is 2.26. The summed E-state index contributed by atoms with van der Waals surface area (Å²) in [5.74, 6) is 0.519. The van der Waals surface area contributed by atoms with E-state index in [0.717, 1.165) is 11.1 Å². The standard InChI is InChI=1S/C18H22/c1-12(2)11-17-14(4)13(3)15-7-9-18(5,6)10-8-16(15)17/h7-12H,3-4H2,1-2,5-6H3/b17-11-. The van der Waals surface area contributed by atoms with Gasteiger partial charge in [0.2, 0.25) is 0 Å². The summed E-state index contributed by atoms with van der Waals surface area (Å²) < 4.78 is 0. The average Bonchev–Trinajstić information content (AvgIpc) is 2.41. The Bertz CT molecular complexity index is 528. The molecule has 0 aromatic heterocycles. The third kappa shape index (κ3) is 2.20. The summed E-state index contributed by atoms with van der Waals surface area (Å²) in [7, 11) is 0. The molecular weight excluding hydrogens is 216 g/mol. The van der Waals surface area contributed by atoms with E-state index in [0.29, 0.717) is 5.92 Å². The molecule has 0 N–H and O–H groups in total. The highest BCUT2D eigenvalue weighted by molar-refractivity contribution is 5.76. The minimum atomic E-state index is 0.106. The molecule has 0 fully saturated rings. The molecule has 0 heterocycles. The highest BCUT2D eigenvalue weighted by atomic mass is 14.3. The van der Waals surface area contributed by atoms with Gasteiger partial charge in [0.05, 0.1) is 0 Å². The fourth-order valence-corrected chi connectivity index (χ4v) is 2.34. The van der Waals surface area contributed by atoms with E-state index in [1.54, 1.807) is 0 Å². The Morgan fingerprint density at radius 2 is 1.56 bits per heavy atom. The highest BCUT2D eigenvalue weighted by Crippen LogP contribution is 2.43. The summed E-state index contributed by atoms with van der Waals surface area (Å²) in [6.45, 7) is 17.2. The molecule has 0 amide bonds. The van der Waals surface area contributed by atoms with E-state index < -0.39 is 0 Å². The summed E-state index contributed by atoms with van der Waals surface area (Å²) in [6, 6.07) is 0. The fraction of sp³-hybridized carbons (Fsp3) is 0.333. The van der Waals surface area contributed by atoms with Crippen LogP contribution in [0.1, 0.15) is 27.7 Å². The van der Waals surface area contributed by atoms with Gasteiger partial charge in [-0.15, -0.1) is 0 Å². The van der Waals surface area contributed by atoms with Gasteiger partial charge in [-0.1, -0.05) is 71.2 Å². The molecule has 0 saturated carbocycles. The van der Waals surface area contributed by atoms with Crippen molar-refractivity contribution in [2.75, 3.05) is 0 Å². The molecule has 0 nitrogen and oxygen atoms in total. The van der Waals surface area contributed by atoms with E-state index in [1.807, 2.05) is 0 Å². The molecule has 18 heavy (non-hydrogen) atoms. The van der Waals surface area contributed by atoms with Crippen molar-refractivity contribution in [3.63, 3.8) is 0 Å². The number of hydrogen-bond donors (Lipinski definition) is 0. The van der Waals surface area contributed by atoms with Gasteiger partial charge in [-0.3, -0.25) is 0 Å². The fourth-order valence-electron chi connectivity index (χ4n) is 2.34. The van der Waals surface area contributed by atoms with Gasteiger partial charge in [-0.05, 0) is 33.8 Å². The lowest BCUT2D eigenvalue weighted by molar-refractivity contribution is 0.626. The van der Waals surface area contributed by atoms with Crippen LogP contribution in [0.5, 0.6) is 0 Å². The zero-order chi connectivity index (χ0) is 13.5. The first kappa shape index (κ1) is 12.9. The van der Waals surface area contributed by atoms with Crippen LogP contribution in [0.2, 0.25) is 0 Å². The predicted octanol–water partition coefficient (Wildman–Crippen LogP) is 5.14. The maximum Gasteiger partial charge on any atom is 0.00111 e. The maximum absolute atomic E-state index is 4.18. The van der Waals surface area contributed by atoms with Gasteiger partial charge < -0.3 is 0 Å². The molecule has 0 saturated heterocycles. The molecule has 2 aliphatic rings. The van der Waals surface area contributed by atoms with Gasteiger partial charge in [0.1, 0.15) is 0 Å². The first-order valence-corrected chi connectivity index (χ1v) is 6.56. The Balaban J connectivity index is 2.56. The summed E-state index contributed by atoms with van der Waals surface area (Å²) in [4.78, 5) is 0.